The lowest BCUT2D eigenvalue weighted by molar-refractivity contribution is -0.0652. The maximum Gasteiger partial charge on any atom is 0.282 e. The van der Waals surface area contributed by atoms with Gasteiger partial charge in [0, 0.05) is 39.3 Å². The highest BCUT2D eigenvalue weighted by atomic mass is 35.5. The van der Waals surface area contributed by atoms with Crippen LogP contribution in [0.15, 0.2) is 0 Å². The SMILES string of the molecule is CC1(C)CN(S(=O)(=O)N2CCNCC2)CCO1.Cl. The molecule has 0 aromatic heterocycles. The first kappa shape index (κ1) is 16.1. The second-order valence-electron chi connectivity index (χ2n) is 5.10. The van der Waals surface area contributed by atoms with Crippen molar-refractivity contribution < 1.29 is 13.2 Å². The summed E-state index contributed by atoms with van der Waals surface area (Å²) in [6.07, 6.45) is 0. The van der Waals surface area contributed by atoms with Crippen LogP contribution >= 0.6 is 12.4 Å². The van der Waals surface area contributed by atoms with Gasteiger partial charge in [0.1, 0.15) is 0 Å². The summed E-state index contributed by atoms with van der Waals surface area (Å²) in [7, 11) is -3.31. The summed E-state index contributed by atoms with van der Waals surface area (Å²) >= 11 is 0. The molecule has 2 aliphatic rings. The van der Waals surface area contributed by atoms with Crippen molar-refractivity contribution in [2.24, 2.45) is 0 Å². The molecule has 1 N–H and O–H groups in total. The average molecular weight is 300 g/mol. The van der Waals surface area contributed by atoms with E-state index in [0.29, 0.717) is 32.8 Å². The third kappa shape index (κ3) is 3.55. The van der Waals surface area contributed by atoms with Gasteiger partial charge >= 0.3 is 0 Å². The second kappa shape index (κ2) is 6.02. The van der Waals surface area contributed by atoms with Gasteiger partial charge in [0.05, 0.1) is 12.2 Å². The molecule has 8 heteroatoms. The molecule has 2 rings (SSSR count). The summed E-state index contributed by atoms with van der Waals surface area (Å²) in [5.41, 5.74) is -0.390. The van der Waals surface area contributed by atoms with Gasteiger partial charge in [-0.05, 0) is 13.8 Å². The average Bonchev–Trinajstić information content (AvgIpc) is 2.29. The molecule has 6 nitrogen and oxygen atoms in total. The Kier molecular flexibility index (Phi) is 5.40. The van der Waals surface area contributed by atoms with Gasteiger partial charge in [0.15, 0.2) is 0 Å². The van der Waals surface area contributed by atoms with E-state index >= 15 is 0 Å². The summed E-state index contributed by atoms with van der Waals surface area (Å²) in [6, 6.07) is 0. The number of hydrogen-bond donors (Lipinski definition) is 1. The fourth-order valence-corrected chi connectivity index (χ4v) is 3.96. The van der Waals surface area contributed by atoms with E-state index in [-0.39, 0.29) is 18.0 Å². The van der Waals surface area contributed by atoms with Crippen molar-refractivity contribution in [3.63, 3.8) is 0 Å². The van der Waals surface area contributed by atoms with Gasteiger partial charge in [-0.3, -0.25) is 0 Å². The van der Waals surface area contributed by atoms with Crippen LogP contribution in [0, 0.1) is 0 Å². The van der Waals surface area contributed by atoms with Crippen molar-refractivity contribution in [2.75, 3.05) is 45.9 Å². The Morgan fingerprint density at radius 3 is 2.28 bits per heavy atom. The maximum atomic E-state index is 12.4. The molecule has 2 fully saturated rings. The van der Waals surface area contributed by atoms with Crippen LogP contribution in [0.1, 0.15) is 13.8 Å². The minimum Gasteiger partial charge on any atom is -0.373 e. The van der Waals surface area contributed by atoms with Gasteiger partial charge < -0.3 is 10.1 Å². The third-order valence-corrected chi connectivity index (χ3v) is 5.10. The standard InChI is InChI=1S/C10H21N3O3S.ClH/c1-10(2)9-13(7-8-16-10)17(14,15)12-5-3-11-4-6-12;/h11H,3-9H2,1-2H3;1H. The molecule has 108 valence electrons. The van der Waals surface area contributed by atoms with E-state index in [1.807, 2.05) is 13.8 Å². The molecule has 0 aliphatic carbocycles. The highest BCUT2D eigenvalue weighted by Crippen LogP contribution is 2.21. The first-order valence-electron chi connectivity index (χ1n) is 6.02. The van der Waals surface area contributed by atoms with Crippen LogP contribution < -0.4 is 5.32 Å². The number of nitrogens with zero attached hydrogens (tertiary/aromatic N) is 2. The van der Waals surface area contributed by atoms with Gasteiger partial charge in [-0.2, -0.15) is 17.0 Å². The first-order valence-corrected chi connectivity index (χ1v) is 7.41. The van der Waals surface area contributed by atoms with Crippen molar-refractivity contribution in [3.8, 4) is 0 Å². The topological polar surface area (TPSA) is 61.9 Å². The Hall–Kier alpha value is 0.0800. The molecule has 2 saturated heterocycles. The lowest BCUT2D eigenvalue weighted by Crippen LogP contribution is -2.57. The molecule has 0 bridgehead atoms. The predicted octanol–water partition coefficient (Wildman–Crippen LogP) is -0.331. The van der Waals surface area contributed by atoms with Crippen LogP contribution in [-0.4, -0.2) is 68.5 Å². The van der Waals surface area contributed by atoms with Crippen LogP contribution in [0.4, 0.5) is 0 Å². The zero-order chi connectivity index (χ0) is 12.5. The molecule has 0 radical (unpaired) electrons. The highest BCUT2D eigenvalue weighted by Gasteiger charge is 2.37. The van der Waals surface area contributed by atoms with E-state index in [1.54, 1.807) is 8.61 Å². The minimum absolute atomic E-state index is 0. The Bertz CT molecular complexity index is 369. The number of piperazine rings is 1. The van der Waals surface area contributed by atoms with Crippen LogP contribution in [0.25, 0.3) is 0 Å². The van der Waals surface area contributed by atoms with Gasteiger partial charge in [0.2, 0.25) is 0 Å². The summed E-state index contributed by atoms with van der Waals surface area (Å²) in [5.74, 6) is 0. The van der Waals surface area contributed by atoms with E-state index in [4.69, 9.17) is 4.74 Å². The van der Waals surface area contributed by atoms with Crippen molar-refractivity contribution in [3.05, 3.63) is 0 Å². The van der Waals surface area contributed by atoms with Crippen LogP contribution in [-0.2, 0) is 14.9 Å². The van der Waals surface area contributed by atoms with Gasteiger partial charge in [-0.25, -0.2) is 0 Å². The molecule has 0 aromatic rings. The summed E-state index contributed by atoms with van der Waals surface area (Å²) < 4.78 is 33.4. The Morgan fingerprint density at radius 1 is 1.11 bits per heavy atom. The van der Waals surface area contributed by atoms with E-state index in [9.17, 15) is 8.42 Å². The molecule has 0 unspecified atom stereocenters. The lowest BCUT2D eigenvalue weighted by atomic mass is 10.1. The van der Waals surface area contributed by atoms with Crippen molar-refractivity contribution in [2.45, 2.75) is 19.4 Å². The van der Waals surface area contributed by atoms with E-state index in [0.717, 1.165) is 13.1 Å². The zero-order valence-corrected chi connectivity index (χ0v) is 12.5. The molecule has 0 spiro atoms. The van der Waals surface area contributed by atoms with Crippen LogP contribution in [0.2, 0.25) is 0 Å². The molecule has 0 amide bonds. The van der Waals surface area contributed by atoms with Crippen molar-refractivity contribution in [1.82, 2.24) is 13.9 Å². The fraction of sp³-hybridized carbons (Fsp3) is 1.00. The zero-order valence-electron chi connectivity index (χ0n) is 10.9. The minimum atomic E-state index is -3.31. The lowest BCUT2D eigenvalue weighted by Gasteiger charge is -2.40. The van der Waals surface area contributed by atoms with Gasteiger partial charge in [-0.15, -0.1) is 12.4 Å². The second-order valence-corrected chi connectivity index (χ2v) is 7.03. The molecular weight excluding hydrogens is 278 g/mol. The maximum absolute atomic E-state index is 12.4. The van der Waals surface area contributed by atoms with Crippen molar-refractivity contribution >= 4 is 22.6 Å². The fourth-order valence-electron chi connectivity index (χ4n) is 2.21. The normalized spacial score (nSPS) is 26.6. The number of morpholine rings is 1. The third-order valence-electron chi connectivity index (χ3n) is 3.12. The van der Waals surface area contributed by atoms with E-state index in [1.165, 1.54) is 0 Å². The number of rotatable bonds is 2. The van der Waals surface area contributed by atoms with Gasteiger partial charge in [-0.1, -0.05) is 0 Å². The monoisotopic (exact) mass is 299 g/mol. The highest BCUT2D eigenvalue weighted by molar-refractivity contribution is 7.86. The Labute approximate surface area is 115 Å². The number of ether oxygens (including phenoxy) is 1. The molecular formula is C10H22ClN3O3S. The molecule has 0 saturated carbocycles. The first-order chi connectivity index (χ1) is 7.92. The smallest absolute Gasteiger partial charge is 0.282 e. The number of hydrogen-bond acceptors (Lipinski definition) is 4. The number of nitrogens with one attached hydrogen (secondary N) is 1. The van der Waals surface area contributed by atoms with E-state index in [2.05, 4.69) is 5.32 Å². The van der Waals surface area contributed by atoms with Gasteiger partial charge in [0.25, 0.3) is 10.2 Å². The Balaban J connectivity index is 0.00000162. The summed E-state index contributed by atoms with van der Waals surface area (Å²) in [6.45, 7) is 7.77. The number of halogens is 1. The summed E-state index contributed by atoms with van der Waals surface area (Å²) in [4.78, 5) is 0. The quantitative estimate of drug-likeness (QED) is 0.758. The van der Waals surface area contributed by atoms with Crippen LogP contribution in [0.3, 0.4) is 0 Å². The Morgan fingerprint density at radius 2 is 1.72 bits per heavy atom. The van der Waals surface area contributed by atoms with Crippen molar-refractivity contribution in [1.29, 1.82) is 0 Å². The molecule has 2 aliphatic heterocycles. The molecule has 0 atom stereocenters. The summed E-state index contributed by atoms with van der Waals surface area (Å²) in [5, 5.41) is 3.16. The van der Waals surface area contributed by atoms with Crippen LogP contribution in [0.5, 0.6) is 0 Å². The molecule has 0 aromatic carbocycles. The largest absolute Gasteiger partial charge is 0.373 e. The molecule has 2 heterocycles. The molecule has 18 heavy (non-hydrogen) atoms. The predicted molar refractivity (Wildman–Crippen MR) is 72.2 cm³/mol. The van der Waals surface area contributed by atoms with E-state index < -0.39 is 10.2 Å².